The SMILES string of the molecule is Cc1ccc(/C=C/CC(=O)N[C@@H](C#N)C(C)C)cc1. The van der Waals surface area contributed by atoms with E-state index in [4.69, 9.17) is 5.26 Å². The molecule has 0 fully saturated rings. The monoisotopic (exact) mass is 256 g/mol. The third-order valence-corrected chi connectivity index (χ3v) is 2.81. The second-order valence-electron chi connectivity index (χ2n) is 4.94. The van der Waals surface area contributed by atoms with Crippen LogP contribution in [-0.2, 0) is 4.79 Å². The number of benzene rings is 1. The van der Waals surface area contributed by atoms with Crippen LogP contribution in [0.25, 0.3) is 6.08 Å². The van der Waals surface area contributed by atoms with Crippen molar-refractivity contribution < 1.29 is 4.79 Å². The standard InChI is InChI=1S/C16H20N2O/c1-12(2)15(11-17)18-16(19)6-4-5-14-9-7-13(3)8-10-14/h4-5,7-10,12,15H,6H2,1-3H3,(H,18,19)/b5-4+/t15-/m0/s1. The predicted octanol–water partition coefficient (Wildman–Crippen LogP) is 3.06. The molecule has 0 spiro atoms. The van der Waals surface area contributed by atoms with Gasteiger partial charge in [-0.3, -0.25) is 4.79 Å². The molecule has 3 nitrogen and oxygen atoms in total. The van der Waals surface area contributed by atoms with E-state index in [1.165, 1.54) is 5.56 Å². The summed E-state index contributed by atoms with van der Waals surface area (Å²) in [5.74, 6) is -0.00126. The highest BCUT2D eigenvalue weighted by Crippen LogP contribution is 2.06. The zero-order chi connectivity index (χ0) is 14.3. The van der Waals surface area contributed by atoms with E-state index in [1.807, 2.05) is 57.2 Å². The first kappa shape index (κ1) is 15.0. The molecule has 1 atom stereocenters. The maximum absolute atomic E-state index is 11.6. The number of carbonyl (C=O) groups is 1. The van der Waals surface area contributed by atoms with Gasteiger partial charge >= 0.3 is 0 Å². The molecule has 3 heteroatoms. The number of carbonyl (C=O) groups excluding carboxylic acids is 1. The molecule has 19 heavy (non-hydrogen) atoms. The van der Waals surface area contributed by atoms with Gasteiger partial charge in [-0.2, -0.15) is 5.26 Å². The Morgan fingerprint density at radius 2 is 2.00 bits per heavy atom. The minimum absolute atomic E-state index is 0.120. The first-order valence-corrected chi connectivity index (χ1v) is 6.45. The Balaban J connectivity index is 2.46. The second kappa shape index (κ2) is 7.38. The van der Waals surface area contributed by atoms with Crippen LogP contribution < -0.4 is 5.32 Å². The van der Waals surface area contributed by atoms with Crippen LogP contribution in [0.3, 0.4) is 0 Å². The molecule has 0 unspecified atom stereocenters. The van der Waals surface area contributed by atoms with Crippen LogP contribution in [0.5, 0.6) is 0 Å². The third-order valence-electron chi connectivity index (χ3n) is 2.81. The van der Waals surface area contributed by atoms with E-state index in [9.17, 15) is 4.79 Å². The summed E-state index contributed by atoms with van der Waals surface area (Å²) >= 11 is 0. The summed E-state index contributed by atoms with van der Waals surface area (Å²) < 4.78 is 0. The molecule has 0 aliphatic carbocycles. The minimum atomic E-state index is -0.416. The van der Waals surface area contributed by atoms with Gasteiger partial charge in [0.15, 0.2) is 0 Å². The predicted molar refractivity (Wildman–Crippen MR) is 77.2 cm³/mol. The van der Waals surface area contributed by atoms with Crippen LogP contribution in [0.1, 0.15) is 31.4 Å². The molecule has 1 N–H and O–H groups in total. The molecular formula is C16H20N2O. The molecule has 0 aliphatic heterocycles. The van der Waals surface area contributed by atoms with Crippen LogP contribution in [0.2, 0.25) is 0 Å². The van der Waals surface area contributed by atoms with Crippen LogP contribution in [0, 0.1) is 24.2 Å². The van der Waals surface area contributed by atoms with Crippen molar-refractivity contribution in [1.82, 2.24) is 5.32 Å². The van der Waals surface area contributed by atoms with Crippen molar-refractivity contribution in [1.29, 1.82) is 5.26 Å². The lowest BCUT2D eigenvalue weighted by atomic mass is 10.1. The van der Waals surface area contributed by atoms with Crippen molar-refractivity contribution in [2.75, 3.05) is 0 Å². The van der Waals surface area contributed by atoms with E-state index in [-0.39, 0.29) is 11.8 Å². The van der Waals surface area contributed by atoms with Crippen LogP contribution in [0.4, 0.5) is 0 Å². The number of nitrogens with one attached hydrogen (secondary N) is 1. The lowest BCUT2D eigenvalue weighted by molar-refractivity contribution is -0.120. The van der Waals surface area contributed by atoms with Gasteiger partial charge in [0.1, 0.15) is 6.04 Å². The van der Waals surface area contributed by atoms with Gasteiger partial charge in [0, 0.05) is 6.42 Å². The summed E-state index contributed by atoms with van der Waals surface area (Å²) in [5, 5.41) is 11.6. The fourth-order valence-corrected chi connectivity index (χ4v) is 1.56. The first-order valence-electron chi connectivity index (χ1n) is 6.45. The van der Waals surface area contributed by atoms with E-state index >= 15 is 0 Å². The van der Waals surface area contributed by atoms with Gasteiger partial charge in [0.2, 0.25) is 5.91 Å². The van der Waals surface area contributed by atoms with E-state index < -0.39 is 6.04 Å². The van der Waals surface area contributed by atoms with Crippen molar-refractivity contribution in [3.63, 3.8) is 0 Å². The lowest BCUT2D eigenvalue weighted by Gasteiger charge is -2.13. The number of nitriles is 1. The van der Waals surface area contributed by atoms with Crippen molar-refractivity contribution >= 4 is 12.0 Å². The summed E-state index contributed by atoms with van der Waals surface area (Å²) in [6.07, 6.45) is 4.02. The smallest absolute Gasteiger partial charge is 0.224 e. The Morgan fingerprint density at radius 1 is 1.37 bits per heavy atom. The first-order chi connectivity index (χ1) is 9.02. The van der Waals surface area contributed by atoms with Gasteiger partial charge in [-0.1, -0.05) is 55.8 Å². The summed E-state index contributed by atoms with van der Waals surface area (Å²) in [6.45, 7) is 5.86. The Morgan fingerprint density at radius 3 is 2.53 bits per heavy atom. The fraction of sp³-hybridized carbons (Fsp3) is 0.375. The molecule has 1 aromatic rings. The molecular weight excluding hydrogens is 236 g/mol. The van der Waals surface area contributed by atoms with Gasteiger partial charge < -0.3 is 5.32 Å². The molecule has 0 saturated heterocycles. The molecule has 0 heterocycles. The van der Waals surface area contributed by atoms with E-state index in [2.05, 4.69) is 11.4 Å². The minimum Gasteiger partial charge on any atom is -0.340 e. The molecule has 1 rings (SSSR count). The largest absolute Gasteiger partial charge is 0.340 e. The second-order valence-corrected chi connectivity index (χ2v) is 4.94. The highest BCUT2D eigenvalue weighted by Gasteiger charge is 2.13. The van der Waals surface area contributed by atoms with E-state index in [0.29, 0.717) is 6.42 Å². The number of hydrogen-bond donors (Lipinski definition) is 1. The molecule has 0 aliphatic rings. The Hall–Kier alpha value is -2.08. The number of hydrogen-bond acceptors (Lipinski definition) is 2. The number of amides is 1. The fourth-order valence-electron chi connectivity index (χ4n) is 1.56. The normalized spacial score (nSPS) is 12.4. The molecule has 0 saturated carbocycles. The van der Waals surface area contributed by atoms with Gasteiger partial charge in [-0.25, -0.2) is 0 Å². The maximum Gasteiger partial charge on any atom is 0.224 e. The highest BCUT2D eigenvalue weighted by atomic mass is 16.1. The molecule has 0 bridgehead atoms. The number of aryl methyl sites for hydroxylation is 1. The van der Waals surface area contributed by atoms with Crippen molar-refractivity contribution in [2.24, 2.45) is 5.92 Å². The average molecular weight is 256 g/mol. The summed E-state index contributed by atoms with van der Waals surface area (Å²) in [5.41, 5.74) is 2.28. The Labute approximate surface area is 114 Å². The zero-order valence-corrected chi connectivity index (χ0v) is 11.7. The Kier molecular flexibility index (Phi) is 5.81. The molecule has 0 aromatic heterocycles. The van der Waals surface area contributed by atoms with Crippen molar-refractivity contribution in [2.45, 2.75) is 33.2 Å². The van der Waals surface area contributed by atoms with Crippen LogP contribution >= 0.6 is 0 Å². The lowest BCUT2D eigenvalue weighted by Crippen LogP contribution is -2.36. The topological polar surface area (TPSA) is 52.9 Å². The number of rotatable bonds is 5. The number of nitrogens with zero attached hydrogens (tertiary/aromatic N) is 1. The van der Waals surface area contributed by atoms with Gasteiger partial charge in [-0.15, -0.1) is 0 Å². The average Bonchev–Trinajstić information content (AvgIpc) is 2.38. The van der Waals surface area contributed by atoms with Crippen molar-refractivity contribution in [3.8, 4) is 6.07 Å². The highest BCUT2D eigenvalue weighted by molar-refractivity contribution is 5.79. The summed E-state index contributed by atoms with van der Waals surface area (Å²) in [6, 6.07) is 9.76. The maximum atomic E-state index is 11.6. The zero-order valence-electron chi connectivity index (χ0n) is 11.7. The molecule has 0 radical (unpaired) electrons. The van der Waals surface area contributed by atoms with Gasteiger partial charge in [-0.05, 0) is 18.4 Å². The van der Waals surface area contributed by atoms with Gasteiger partial charge in [0.05, 0.1) is 6.07 Å². The van der Waals surface area contributed by atoms with E-state index in [0.717, 1.165) is 5.56 Å². The van der Waals surface area contributed by atoms with Crippen LogP contribution in [0.15, 0.2) is 30.3 Å². The van der Waals surface area contributed by atoms with E-state index in [1.54, 1.807) is 0 Å². The van der Waals surface area contributed by atoms with Crippen LogP contribution in [-0.4, -0.2) is 11.9 Å². The summed E-state index contributed by atoms with van der Waals surface area (Å²) in [7, 11) is 0. The third kappa shape index (κ3) is 5.39. The quantitative estimate of drug-likeness (QED) is 0.880. The van der Waals surface area contributed by atoms with Crippen molar-refractivity contribution in [3.05, 3.63) is 41.5 Å². The molecule has 1 aromatic carbocycles. The molecule has 1 amide bonds. The van der Waals surface area contributed by atoms with Gasteiger partial charge in [0.25, 0.3) is 0 Å². The molecule has 100 valence electrons. The Bertz CT molecular complexity index is 480. The summed E-state index contributed by atoms with van der Waals surface area (Å²) in [4.78, 5) is 11.6.